The SMILES string of the molecule is Cl.Clc1cnc(C2CC3CCC2CN3)nc1. The maximum atomic E-state index is 5.79. The van der Waals surface area contributed by atoms with Crippen molar-refractivity contribution >= 4 is 24.0 Å². The van der Waals surface area contributed by atoms with Gasteiger partial charge >= 0.3 is 0 Å². The number of fused-ring (bicyclic) bond motifs is 3. The molecule has 3 aliphatic rings. The van der Waals surface area contributed by atoms with Crippen molar-refractivity contribution in [2.45, 2.75) is 31.2 Å². The van der Waals surface area contributed by atoms with Gasteiger partial charge < -0.3 is 5.32 Å². The minimum Gasteiger partial charge on any atom is -0.314 e. The van der Waals surface area contributed by atoms with Crippen molar-refractivity contribution in [1.82, 2.24) is 15.3 Å². The summed E-state index contributed by atoms with van der Waals surface area (Å²) in [6.07, 6.45) is 7.23. The van der Waals surface area contributed by atoms with Gasteiger partial charge in [0.05, 0.1) is 5.02 Å². The number of rotatable bonds is 1. The van der Waals surface area contributed by atoms with E-state index in [4.69, 9.17) is 11.6 Å². The first kappa shape index (κ1) is 12.1. The van der Waals surface area contributed by atoms with E-state index in [9.17, 15) is 0 Å². The molecule has 0 aromatic carbocycles. The number of nitrogens with zero attached hydrogens (tertiary/aromatic N) is 2. The van der Waals surface area contributed by atoms with E-state index in [1.54, 1.807) is 12.4 Å². The van der Waals surface area contributed by atoms with E-state index >= 15 is 0 Å². The first-order valence-corrected chi connectivity index (χ1v) is 5.91. The van der Waals surface area contributed by atoms with Crippen LogP contribution in [0.5, 0.6) is 0 Å². The van der Waals surface area contributed by atoms with E-state index < -0.39 is 0 Å². The summed E-state index contributed by atoms with van der Waals surface area (Å²) in [6.45, 7) is 1.13. The molecule has 2 aliphatic heterocycles. The van der Waals surface area contributed by atoms with Crippen molar-refractivity contribution in [3.05, 3.63) is 23.2 Å². The van der Waals surface area contributed by atoms with E-state index in [0.29, 0.717) is 17.0 Å². The average Bonchev–Trinajstić information content (AvgIpc) is 2.31. The third-order valence-electron chi connectivity index (χ3n) is 3.63. The standard InChI is InChI=1S/C11H14ClN3.ClH/c12-8-5-14-11(15-6-8)10-3-9-2-1-7(10)4-13-9;/h5-7,9-10,13H,1-4H2;1H. The van der Waals surface area contributed by atoms with Crippen LogP contribution in [0.3, 0.4) is 0 Å². The molecule has 5 heteroatoms. The molecule has 88 valence electrons. The van der Waals surface area contributed by atoms with Crippen LogP contribution in [0.15, 0.2) is 12.4 Å². The molecule has 3 fully saturated rings. The second kappa shape index (κ2) is 4.86. The smallest absolute Gasteiger partial charge is 0.131 e. The zero-order chi connectivity index (χ0) is 10.3. The zero-order valence-electron chi connectivity index (χ0n) is 8.90. The number of halogens is 2. The summed E-state index contributed by atoms with van der Waals surface area (Å²) < 4.78 is 0. The summed E-state index contributed by atoms with van der Waals surface area (Å²) >= 11 is 5.79. The van der Waals surface area contributed by atoms with Crippen LogP contribution in [0.2, 0.25) is 5.02 Å². The second-order valence-corrected chi connectivity index (χ2v) is 4.98. The molecule has 4 rings (SSSR count). The molecular formula is C11H15Cl2N3. The summed E-state index contributed by atoms with van der Waals surface area (Å²) in [5.41, 5.74) is 0. The summed E-state index contributed by atoms with van der Waals surface area (Å²) in [6, 6.07) is 0.680. The van der Waals surface area contributed by atoms with Crippen molar-refractivity contribution in [3.63, 3.8) is 0 Å². The molecule has 1 aliphatic carbocycles. The third-order valence-corrected chi connectivity index (χ3v) is 3.83. The summed E-state index contributed by atoms with van der Waals surface area (Å²) in [5.74, 6) is 2.24. The summed E-state index contributed by atoms with van der Waals surface area (Å²) in [4.78, 5) is 8.70. The molecule has 2 bridgehead atoms. The quantitative estimate of drug-likeness (QED) is 0.842. The Morgan fingerprint density at radius 1 is 1.25 bits per heavy atom. The Morgan fingerprint density at radius 2 is 2.00 bits per heavy atom. The highest BCUT2D eigenvalue weighted by Gasteiger charge is 2.37. The van der Waals surface area contributed by atoms with E-state index in [2.05, 4.69) is 15.3 Å². The lowest BCUT2D eigenvalue weighted by Gasteiger charge is -2.42. The first-order valence-electron chi connectivity index (χ1n) is 5.54. The normalized spacial score (nSPS) is 32.2. The van der Waals surface area contributed by atoms with Gasteiger partial charge in [-0.2, -0.15) is 0 Å². The van der Waals surface area contributed by atoms with Crippen LogP contribution < -0.4 is 5.32 Å². The van der Waals surface area contributed by atoms with Crippen LogP contribution in [0, 0.1) is 5.92 Å². The molecule has 3 heterocycles. The maximum absolute atomic E-state index is 5.79. The van der Waals surface area contributed by atoms with Gasteiger partial charge in [0.15, 0.2) is 0 Å². The summed E-state index contributed by atoms with van der Waals surface area (Å²) in [5, 5.41) is 4.17. The van der Waals surface area contributed by atoms with Gasteiger partial charge in [0.1, 0.15) is 5.82 Å². The molecule has 3 nitrogen and oxygen atoms in total. The molecule has 0 radical (unpaired) electrons. The fourth-order valence-electron chi connectivity index (χ4n) is 2.81. The molecule has 1 saturated carbocycles. The zero-order valence-corrected chi connectivity index (χ0v) is 10.5. The molecule has 1 aromatic rings. The van der Waals surface area contributed by atoms with Crippen LogP contribution >= 0.6 is 24.0 Å². The number of aromatic nitrogens is 2. The highest BCUT2D eigenvalue weighted by molar-refractivity contribution is 6.30. The Bertz CT molecular complexity index is 347. The Labute approximate surface area is 106 Å². The lowest BCUT2D eigenvalue weighted by molar-refractivity contribution is 0.175. The lowest BCUT2D eigenvalue weighted by atomic mass is 9.73. The highest BCUT2D eigenvalue weighted by Crippen LogP contribution is 2.39. The van der Waals surface area contributed by atoms with E-state index in [-0.39, 0.29) is 12.4 Å². The van der Waals surface area contributed by atoms with Gasteiger partial charge in [-0.25, -0.2) is 9.97 Å². The molecule has 0 spiro atoms. The van der Waals surface area contributed by atoms with Gasteiger partial charge in [-0.05, 0) is 31.7 Å². The number of hydrogen-bond acceptors (Lipinski definition) is 3. The molecule has 0 amide bonds. The van der Waals surface area contributed by atoms with Crippen LogP contribution in [-0.4, -0.2) is 22.6 Å². The molecule has 1 N–H and O–H groups in total. The molecule has 2 saturated heterocycles. The number of piperidine rings is 2. The van der Waals surface area contributed by atoms with Crippen LogP contribution in [0.25, 0.3) is 0 Å². The van der Waals surface area contributed by atoms with Gasteiger partial charge in [0, 0.05) is 24.4 Å². The third kappa shape index (κ3) is 2.17. The van der Waals surface area contributed by atoms with Crippen LogP contribution in [-0.2, 0) is 0 Å². The van der Waals surface area contributed by atoms with E-state index in [1.807, 2.05) is 0 Å². The van der Waals surface area contributed by atoms with Gasteiger partial charge in [0.25, 0.3) is 0 Å². The van der Waals surface area contributed by atoms with Gasteiger partial charge in [-0.1, -0.05) is 11.6 Å². The molecular weight excluding hydrogens is 245 g/mol. The topological polar surface area (TPSA) is 37.8 Å². The highest BCUT2D eigenvalue weighted by atomic mass is 35.5. The fourth-order valence-corrected chi connectivity index (χ4v) is 2.91. The number of nitrogens with one attached hydrogen (secondary N) is 1. The van der Waals surface area contributed by atoms with Crippen molar-refractivity contribution in [3.8, 4) is 0 Å². The summed E-state index contributed by atoms with van der Waals surface area (Å²) in [7, 11) is 0. The van der Waals surface area contributed by atoms with Crippen molar-refractivity contribution in [2.24, 2.45) is 5.92 Å². The van der Waals surface area contributed by atoms with E-state index in [0.717, 1.165) is 18.3 Å². The van der Waals surface area contributed by atoms with Gasteiger partial charge in [-0.3, -0.25) is 0 Å². The predicted octanol–water partition coefficient (Wildman–Crippen LogP) is 2.41. The Kier molecular flexibility index (Phi) is 3.67. The van der Waals surface area contributed by atoms with Crippen LogP contribution in [0.4, 0.5) is 0 Å². The molecule has 1 aromatic heterocycles. The molecule has 3 unspecified atom stereocenters. The van der Waals surface area contributed by atoms with Gasteiger partial charge in [-0.15, -0.1) is 12.4 Å². The minimum atomic E-state index is 0. The lowest BCUT2D eigenvalue weighted by Crippen LogP contribution is -2.48. The molecule has 16 heavy (non-hydrogen) atoms. The Hall–Kier alpha value is -0.380. The van der Waals surface area contributed by atoms with Gasteiger partial charge in [0.2, 0.25) is 0 Å². The number of hydrogen-bond donors (Lipinski definition) is 1. The van der Waals surface area contributed by atoms with Crippen molar-refractivity contribution in [2.75, 3.05) is 6.54 Å². The van der Waals surface area contributed by atoms with Crippen molar-refractivity contribution in [1.29, 1.82) is 0 Å². The van der Waals surface area contributed by atoms with Crippen molar-refractivity contribution < 1.29 is 0 Å². The maximum Gasteiger partial charge on any atom is 0.131 e. The van der Waals surface area contributed by atoms with Crippen LogP contribution in [0.1, 0.15) is 31.0 Å². The predicted molar refractivity (Wildman–Crippen MR) is 66.2 cm³/mol. The fraction of sp³-hybridized carbons (Fsp3) is 0.636. The monoisotopic (exact) mass is 259 g/mol. The Morgan fingerprint density at radius 3 is 2.50 bits per heavy atom. The minimum absolute atomic E-state index is 0. The second-order valence-electron chi connectivity index (χ2n) is 4.54. The molecule has 3 atom stereocenters. The largest absolute Gasteiger partial charge is 0.314 e. The van der Waals surface area contributed by atoms with E-state index in [1.165, 1.54) is 19.3 Å². The Balaban J connectivity index is 0.000000963. The first-order chi connectivity index (χ1) is 7.33. The average molecular weight is 260 g/mol.